The summed E-state index contributed by atoms with van der Waals surface area (Å²) >= 11 is 0. The third-order valence-corrected chi connectivity index (χ3v) is 8.34. The van der Waals surface area contributed by atoms with Gasteiger partial charge in [0, 0.05) is 24.0 Å². The molecular weight excluding hydrogens is 520 g/mol. The highest BCUT2D eigenvalue weighted by atomic mass is 16.5. The van der Waals surface area contributed by atoms with E-state index in [1.807, 2.05) is 0 Å². The number of rotatable bonds is 15. The van der Waals surface area contributed by atoms with Gasteiger partial charge in [-0.1, -0.05) is 45.2 Å². The summed E-state index contributed by atoms with van der Waals surface area (Å²) in [5.74, 6) is 2.81. The van der Waals surface area contributed by atoms with Crippen molar-refractivity contribution in [2.75, 3.05) is 39.5 Å². The van der Waals surface area contributed by atoms with E-state index in [2.05, 4.69) is 97.0 Å². The molecule has 224 valence electrons. The number of hydrogen-bond acceptors (Lipinski definition) is 4. The first-order valence-electron chi connectivity index (χ1n) is 16.1. The Hall–Kier alpha value is -3.44. The summed E-state index contributed by atoms with van der Waals surface area (Å²) in [4.78, 5) is 2.52. The topological polar surface area (TPSA) is 35.9 Å². The Balaban J connectivity index is 1.37. The fourth-order valence-electron chi connectivity index (χ4n) is 5.85. The number of aromatic nitrogens is 1. The van der Waals surface area contributed by atoms with Crippen LogP contribution in [-0.4, -0.2) is 48.9 Å². The van der Waals surface area contributed by atoms with Gasteiger partial charge in [0.2, 0.25) is 0 Å². The molecule has 0 unspecified atom stereocenters. The second-order valence-electron chi connectivity index (χ2n) is 11.6. The number of aryl methyl sites for hydroxylation is 1. The summed E-state index contributed by atoms with van der Waals surface area (Å²) in [6.45, 7) is 13.1. The van der Waals surface area contributed by atoms with Crippen LogP contribution in [0.2, 0.25) is 0 Å². The molecule has 0 radical (unpaired) electrons. The number of unbranched alkanes of at least 4 members (excludes halogenated alkanes) is 2. The minimum absolute atomic E-state index is 0.742. The Kier molecular flexibility index (Phi) is 10.8. The van der Waals surface area contributed by atoms with E-state index in [0.29, 0.717) is 0 Å². The Morgan fingerprint density at radius 3 is 1.93 bits per heavy atom. The number of benzene rings is 3. The maximum Gasteiger partial charge on any atom is 0.120 e. The van der Waals surface area contributed by atoms with Crippen LogP contribution in [-0.2, 0) is 6.54 Å². The molecule has 2 heterocycles. The van der Waals surface area contributed by atoms with E-state index in [4.69, 9.17) is 14.2 Å². The van der Waals surface area contributed by atoms with Crippen LogP contribution in [0.25, 0.3) is 22.2 Å². The van der Waals surface area contributed by atoms with Gasteiger partial charge in [-0.15, -0.1) is 0 Å². The molecule has 3 aromatic carbocycles. The van der Waals surface area contributed by atoms with Gasteiger partial charge in [0.1, 0.15) is 23.9 Å². The van der Waals surface area contributed by atoms with Gasteiger partial charge < -0.3 is 18.8 Å². The molecule has 0 spiro atoms. The van der Waals surface area contributed by atoms with Gasteiger partial charge in [0.25, 0.3) is 0 Å². The minimum Gasteiger partial charge on any atom is -0.494 e. The molecule has 4 aromatic rings. The molecular formula is C37H48N2O3. The molecule has 42 heavy (non-hydrogen) atoms. The lowest BCUT2D eigenvalue weighted by molar-refractivity contribution is 0.183. The normalized spacial score (nSPS) is 13.9. The van der Waals surface area contributed by atoms with Crippen LogP contribution >= 0.6 is 0 Å². The third kappa shape index (κ3) is 7.69. The molecule has 0 amide bonds. The molecule has 0 saturated carbocycles. The van der Waals surface area contributed by atoms with Gasteiger partial charge in [0.05, 0.1) is 18.9 Å². The van der Waals surface area contributed by atoms with Crippen LogP contribution in [0.3, 0.4) is 0 Å². The number of fused-ring (bicyclic) bond motifs is 1. The number of nitrogens with zero attached hydrogens (tertiary/aromatic N) is 2. The van der Waals surface area contributed by atoms with Gasteiger partial charge in [0.15, 0.2) is 0 Å². The third-order valence-electron chi connectivity index (χ3n) is 8.34. The summed E-state index contributed by atoms with van der Waals surface area (Å²) < 4.78 is 20.6. The highest BCUT2D eigenvalue weighted by molar-refractivity contribution is 5.92. The molecule has 5 heteroatoms. The Morgan fingerprint density at radius 1 is 0.667 bits per heavy atom. The molecule has 0 atom stereocenters. The average molecular weight is 569 g/mol. The zero-order chi connectivity index (χ0) is 29.1. The van der Waals surface area contributed by atoms with E-state index in [1.54, 1.807) is 0 Å². The highest BCUT2D eigenvalue weighted by Crippen LogP contribution is 2.36. The lowest BCUT2D eigenvalue weighted by Crippen LogP contribution is -2.33. The predicted molar refractivity (Wildman–Crippen MR) is 174 cm³/mol. The van der Waals surface area contributed by atoms with Crippen molar-refractivity contribution >= 4 is 10.9 Å². The molecule has 0 N–H and O–H groups in total. The maximum absolute atomic E-state index is 6.11. The lowest BCUT2D eigenvalue weighted by Gasteiger charge is -2.26. The van der Waals surface area contributed by atoms with Crippen molar-refractivity contribution in [1.82, 2.24) is 9.47 Å². The molecule has 5 nitrogen and oxygen atoms in total. The van der Waals surface area contributed by atoms with Crippen molar-refractivity contribution in [1.29, 1.82) is 0 Å². The summed E-state index contributed by atoms with van der Waals surface area (Å²) in [5.41, 5.74) is 6.16. The van der Waals surface area contributed by atoms with E-state index in [9.17, 15) is 0 Å². The van der Waals surface area contributed by atoms with Crippen LogP contribution in [0.4, 0.5) is 0 Å². The Labute approximate surface area is 252 Å². The molecule has 0 aliphatic carbocycles. The first kappa shape index (κ1) is 30.0. The van der Waals surface area contributed by atoms with E-state index in [-0.39, 0.29) is 0 Å². The van der Waals surface area contributed by atoms with Crippen molar-refractivity contribution in [3.05, 3.63) is 77.9 Å². The van der Waals surface area contributed by atoms with Crippen molar-refractivity contribution in [3.63, 3.8) is 0 Å². The van der Waals surface area contributed by atoms with Crippen molar-refractivity contribution in [3.8, 4) is 28.5 Å². The Morgan fingerprint density at radius 2 is 1.26 bits per heavy atom. The van der Waals surface area contributed by atoms with Crippen LogP contribution in [0.5, 0.6) is 17.2 Å². The smallest absolute Gasteiger partial charge is 0.120 e. The summed E-state index contributed by atoms with van der Waals surface area (Å²) in [6.07, 6.45) is 8.38. The SMILES string of the molecule is CCCCOc1ccc(-c2c(C)c3cc(OCCCC)ccc3n2Cc2ccc(OCCN3CCCCC3)cc2)cc1. The first-order valence-corrected chi connectivity index (χ1v) is 16.1. The second-order valence-corrected chi connectivity index (χ2v) is 11.6. The molecule has 1 aliphatic rings. The van der Waals surface area contributed by atoms with E-state index in [1.165, 1.54) is 65.6 Å². The molecule has 1 aliphatic heterocycles. The van der Waals surface area contributed by atoms with Crippen LogP contribution in [0.15, 0.2) is 66.7 Å². The molecule has 1 saturated heterocycles. The fraction of sp³-hybridized carbons (Fsp3) is 0.459. The molecule has 1 aromatic heterocycles. The zero-order valence-corrected chi connectivity index (χ0v) is 25.9. The highest BCUT2D eigenvalue weighted by Gasteiger charge is 2.18. The molecule has 0 bridgehead atoms. The minimum atomic E-state index is 0.742. The van der Waals surface area contributed by atoms with Gasteiger partial charge in [-0.05, 0) is 117 Å². The fourth-order valence-corrected chi connectivity index (χ4v) is 5.85. The van der Waals surface area contributed by atoms with Gasteiger partial charge in [-0.2, -0.15) is 0 Å². The van der Waals surface area contributed by atoms with E-state index in [0.717, 1.165) is 75.8 Å². The number of likely N-dealkylation sites (tertiary alicyclic amines) is 1. The van der Waals surface area contributed by atoms with E-state index < -0.39 is 0 Å². The molecule has 1 fully saturated rings. The van der Waals surface area contributed by atoms with Crippen LogP contribution in [0.1, 0.15) is 69.9 Å². The Bertz CT molecular complexity index is 1390. The lowest BCUT2D eigenvalue weighted by atomic mass is 10.1. The quantitative estimate of drug-likeness (QED) is 0.134. The van der Waals surface area contributed by atoms with Gasteiger partial charge >= 0.3 is 0 Å². The second kappa shape index (κ2) is 15.2. The van der Waals surface area contributed by atoms with Crippen molar-refractivity contribution < 1.29 is 14.2 Å². The van der Waals surface area contributed by atoms with E-state index >= 15 is 0 Å². The largest absolute Gasteiger partial charge is 0.494 e. The van der Waals surface area contributed by atoms with Crippen LogP contribution < -0.4 is 14.2 Å². The average Bonchev–Trinajstić information content (AvgIpc) is 3.29. The van der Waals surface area contributed by atoms with Crippen molar-refractivity contribution in [2.45, 2.75) is 72.3 Å². The predicted octanol–water partition coefficient (Wildman–Crippen LogP) is 8.89. The summed E-state index contributed by atoms with van der Waals surface area (Å²) in [5, 5.41) is 1.24. The number of piperidine rings is 1. The van der Waals surface area contributed by atoms with Gasteiger partial charge in [-0.25, -0.2) is 0 Å². The maximum atomic E-state index is 6.11. The zero-order valence-electron chi connectivity index (χ0n) is 25.9. The first-order chi connectivity index (χ1) is 20.7. The number of hydrogen-bond donors (Lipinski definition) is 0. The van der Waals surface area contributed by atoms with Gasteiger partial charge in [-0.3, -0.25) is 4.90 Å². The van der Waals surface area contributed by atoms with Crippen LogP contribution in [0, 0.1) is 6.92 Å². The number of ether oxygens (including phenoxy) is 3. The molecule has 5 rings (SSSR count). The monoisotopic (exact) mass is 568 g/mol. The summed E-state index contributed by atoms with van der Waals surface area (Å²) in [6, 6.07) is 23.8. The summed E-state index contributed by atoms with van der Waals surface area (Å²) in [7, 11) is 0. The van der Waals surface area contributed by atoms with Crippen molar-refractivity contribution in [2.24, 2.45) is 0 Å². The standard InChI is InChI=1S/C37H48N2O3/c1-4-6-24-40-33-17-13-31(14-18-33)37-29(3)35-27-34(41-25-7-5-2)19-20-36(35)39(37)28-30-11-15-32(16-12-30)42-26-23-38-21-9-8-10-22-38/h11-20,27H,4-10,21-26,28H2,1-3H3.